The van der Waals surface area contributed by atoms with Gasteiger partial charge in [0.25, 0.3) is 0 Å². The van der Waals surface area contributed by atoms with E-state index < -0.39 is 0 Å². The van der Waals surface area contributed by atoms with Crippen LogP contribution in [-0.2, 0) is 0 Å². The highest BCUT2D eigenvalue weighted by molar-refractivity contribution is 6.13. The standard InChI is InChI=1S/C50H32N2/c1-3-13-35-29-39(22-21-33(35)11-1)41-15-5-8-18-46(41)52-48-20-10-7-17-43(48)45-32-38(25-28-50(45)52)37-24-27-49-44(31-37)42-16-6-9-19-47(42)51(49)40-26-23-34-12-2-4-14-36(34)30-40/h1-32H. The van der Waals surface area contributed by atoms with Crippen molar-refractivity contribution in [1.82, 2.24) is 9.13 Å². The zero-order valence-electron chi connectivity index (χ0n) is 28.4. The lowest BCUT2D eigenvalue weighted by atomic mass is 9.99. The Morgan fingerprint density at radius 2 is 0.750 bits per heavy atom. The Morgan fingerprint density at radius 3 is 1.44 bits per heavy atom. The molecule has 0 saturated heterocycles. The minimum Gasteiger partial charge on any atom is -0.309 e. The van der Waals surface area contributed by atoms with E-state index in [0.29, 0.717) is 0 Å². The first-order chi connectivity index (χ1) is 25.8. The molecule has 0 fully saturated rings. The van der Waals surface area contributed by atoms with Crippen molar-refractivity contribution in [2.75, 3.05) is 0 Å². The van der Waals surface area contributed by atoms with Gasteiger partial charge in [0.2, 0.25) is 0 Å². The van der Waals surface area contributed by atoms with Crippen LogP contribution in [0.4, 0.5) is 0 Å². The van der Waals surface area contributed by atoms with Gasteiger partial charge in [0.1, 0.15) is 0 Å². The van der Waals surface area contributed by atoms with Gasteiger partial charge in [-0.15, -0.1) is 0 Å². The molecule has 2 nitrogen and oxygen atoms in total. The van der Waals surface area contributed by atoms with Crippen molar-refractivity contribution < 1.29 is 0 Å². The maximum Gasteiger partial charge on any atom is 0.0541 e. The third-order valence-corrected chi connectivity index (χ3v) is 10.9. The van der Waals surface area contributed by atoms with Gasteiger partial charge in [0.15, 0.2) is 0 Å². The summed E-state index contributed by atoms with van der Waals surface area (Å²) in [6.07, 6.45) is 0. The number of benzene rings is 9. The topological polar surface area (TPSA) is 9.86 Å². The summed E-state index contributed by atoms with van der Waals surface area (Å²) in [6, 6.07) is 71.1. The number of hydrogen-bond donors (Lipinski definition) is 0. The largest absolute Gasteiger partial charge is 0.309 e. The molecule has 0 bridgehead atoms. The molecule has 0 aliphatic carbocycles. The Hall–Kier alpha value is -6.90. The summed E-state index contributed by atoms with van der Waals surface area (Å²) in [5.41, 5.74) is 12.0. The van der Waals surface area contributed by atoms with Crippen molar-refractivity contribution in [2.24, 2.45) is 0 Å². The number of aromatic nitrogens is 2. The fourth-order valence-electron chi connectivity index (χ4n) is 8.43. The predicted molar refractivity (Wildman–Crippen MR) is 221 cm³/mol. The first-order valence-corrected chi connectivity index (χ1v) is 17.9. The fourth-order valence-corrected chi connectivity index (χ4v) is 8.43. The van der Waals surface area contributed by atoms with Gasteiger partial charge in [0, 0.05) is 32.8 Å². The van der Waals surface area contributed by atoms with E-state index in [9.17, 15) is 0 Å². The van der Waals surface area contributed by atoms with Gasteiger partial charge in [-0.3, -0.25) is 0 Å². The molecule has 11 aromatic rings. The SMILES string of the molecule is c1ccc(-n2c3ccccc3c3cc(-c4ccc5c(c4)c4ccccc4n5-c4ccc5ccccc5c4)ccc32)c(-c2ccc3ccccc3c2)c1. The van der Waals surface area contributed by atoms with E-state index in [-0.39, 0.29) is 0 Å². The second-order valence-electron chi connectivity index (χ2n) is 13.8. The van der Waals surface area contributed by atoms with Crippen LogP contribution >= 0.6 is 0 Å². The molecule has 0 radical (unpaired) electrons. The maximum atomic E-state index is 2.44. The van der Waals surface area contributed by atoms with Crippen LogP contribution in [0.25, 0.3) is 98.8 Å². The van der Waals surface area contributed by atoms with Crippen LogP contribution in [0.3, 0.4) is 0 Å². The molecule has 0 unspecified atom stereocenters. The van der Waals surface area contributed by atoms with Crippen molar-refractivity contribution in [3.05, 3.63) is 194 Å². The van der Waals surface area contributed by atoms with Gasteiger partial charge in [-0.05, 0) is 98.9 Å². The molecule has 0 spiro atoms. The minimum absolute atomic E-state index is 1.18. The van der Waals surface area contributed by atoms with Gasteiger partial charge < -0.3 is 9.13 Å². The zero-order valence-corrected chi connectivity index (χ0v) is 28.4. The number of para-hydroxylation sites is 3. The molecule has 0 saturated carbocycles. The highest BCUT2D eigenvalue weighted by atomic mass is 15.0. The Bertz CT molecular complexity index is 3190. The molecule has 0 aliphatic rings. The lowest BCUT2D eigenvalue weighted by Gasteiger charge is -2.15. The third kappa shape index (κ3) is 4.38. The first-order valence-electron chi connectivity index (χ1n) is 17.9. The van der Waals surface area contributed by atoms with Crippen molar-refractivity contribution in [3.63, 3.8) is 0 Å². The molecule has 9 aromatic carbocycles. The van der Waals surface area contributed by atoms with Crippen LogP contribution in [0.15, 0.2) is 194 Å². The Kier molecular flexibility index (Phi) is 6.28. The van der Waals surface area contributed by atoms with E-state index in [0.717, 1.165) is 0 Å². The molecule has 0 atom stereocenters. The molecule has 0 N–H and O–H groups in total. The number of rotatable bonds is 4. The Labute approximate surface area is 301 Å². The van der Waals surface area contributed by atoms with Crippen LogP contribution in [0.5, 0.6) is 0 Å². The van der Waals surface area contributed by atoms with E-state index in [1.807, 2.05) is 0 Å². The van der Waals surface area contributed by atoms with Crippen molar-refractivity contribution >= 4 is 65.2 Å². The van der Waals surface area contributed by atoms with Gasteiger partial charge in [0.05, 0.1) is 27.8 Å². The maximum absolute atomic E-state index is 2.44. The van der Waals surface area contributed by atoms with Crippen LogP contribution in [-0.4, -0.2) is 9.13 Å². The monoisotopic (exact) mass is 660 g/mol. The van der Waals surface area contributed by atoms with E-state index in [1.54, 1.807) is 0 Å². The van der Waals surface area contributed by atoms with Crippen LogP contribution in [0.2, 0.25) is 0 Å². The molecule has 242 valence electrons. The van der Waals surface area contributed by atoms with Gasteiger partial charge in [-0.25, -0.2) is 0 Å². The first kappa shape index (κ1) is 28.9. The second-order valence-corrected chi connectivity index (χ2v) is 13.8. The number of nitrogens with zero attached hydrogens (tertiary/aromatic N) is 2. The number of fused-ring (bicyclic) bond motifs is 8. The molecule has 0 amide bonds. The molecule has 52 heavy (non-hydrogen) atoms. The Balaban J connectivity index is 1.08. The second kappa shape index (κ2) is 11.3. The zero-order chi connectivity index (χ0) is 34.2. The lowest BCUT2D eigenvalue weighted by Crippen LogP contribution is -1.97. The summed E-state index contributed by atoms with van der Waals surface area (Å²) in [5.74, 6) is 0. The smallest absolute Gasteiger partial charge is 0.0541 e. The summed E-state index contributed by atoms with van der Waals surface area (Å²) in [5, 5.41) is 10.0. The quantitative estimate of drug-likeness (QED) is 0.178. The summed E-state index contributed by atoms with van der Waals surface area (Å²) in [4.78, 5) is 0. The number of hydrogen-bond acceptors (Lipinski definition) is 0. The van der Waals surface area contributed by atoms with Crippen molar-refractivity contribution in [1.29, 1.82) is 0 Å². The summed E-state index contributed by atoms with van der Waals surface area (Å²) in [7, 11) is 0. The van der Waals surface area contributed by atoms with Gasteiger partial charge >= 0.3 is 0 Å². The van der Waals surface area contributed by atoms with E-state index in [4.69, 9.17) is 0 Å². The van der Waals surface area contributed by atoms with E-state index >= 15 is 0 Å². The molecular formula is C50H32N2. The lowest BCUT2D eigenvalue weighted by molar-refractivity contribution is 1.18. The fraction of sp³-hybridized carbons (Fsp3) is 0. The van der Waals surface area contributed by atoms with Gasteiger partial charge in [-0.1, -0.05) is 133 Å². The van der Waals surface area contributed by atoms with Crippen LogP contribution in [0, 0.1) is 0 Å². The summed E-state index contributed by atoms with van der Waals surface area (Å²) >= 11 is 0. The molecule has 2 heterocycles. The highest BCUT2D eigenvalue weighted by Gasteiger charge is 2.18. The average Bonchev–Trinajstić information content (AvgIpc) is 3.72. The molecular weight excluding hydrogens is 629 g/mol. The van der Waals surface area contributed by atoms with Crippen LogP contribution < -0.4 is 0 Å². The van der Waals surface area contributed by atoms with Crippen molar-refractivity contribution in [3.8, 4) is 33.6 Å². The Morgan fingerprint density at radius 1 is 0.269 bits per heavy atom. The molecule has 2 aromatic heterocycles. The summed E-state index contributed by atoms with van der Waals surface area (Å²) < 4.78 is 4.85. The summed E-state index contributed by atoms with van der Waals surface area (Å²) in [6.45, 7) is 0. The van der Waals surface area contributed by atoms with Crippen molar-refractivity contribution in [2.45, 2.75) is 0 Å². The van der Waals surface area contributed by atoms with E-state index in [1.165, 1.54) is 98.8 Å². The van der Waals surface area contributed by atoms with E-state index in [2.05, 4.69) is 203 Å². The molecule has 2 heteroatoms. The highest BCUT2D eigenvalue weighted by Crippen LogP contribution is 2.40. The van der Waals surface area contributed by atoms with Gasteiger partial charge in [-0.2, -0.15) is 0 Å². The normalized spacial score (nSPS) is 11.8. The minimum atomic E-state index is 1.18. The third-order valence-electron chi connectivity index (χ3n) is 10.9. The van der Waals surface area contributed by atoms with Crippen LogP contribution in [0.1, 0.15) is 0 Å². The molecule has 0 aliphatic heterocycles. The predicted octanol–water partition coefficient (Wildman–Crippen LogP) is 13.5. The molecule has 11 rings (SSSR count). The average molecular weight is 661 g/mol.